The van der Waals surface area contributed by atoms with Gasteiger partial charge in [0.1, 0.15) is 0 Å². The summed E-state index contributed by atoms with van der Waals surface area (Å²) in [5.74, 6) is -1.44. The molecule has 0 fully saturated rings. The summed E-state index contributed by atoms with van der Waals surface area (Å²) < 4.78 is 10.1. The van der Waals surface area contributed by atoms with E-state index in [-0.39, 0.29) is 0 Å². The summed E-state index contributed by atoms with van der Waals surface area (Å²) >= 11 is 0. The van der Waals surface area contributed by atoms with Crippen LogP contribution < -0.4 is 0 Å². The third-order valence-electron chi connectivity index (χ3n) is 4.95. The molecule has 0 unspecified atom stereocenters. The molecule has 0 saturated heterocycles. The fraction of sp³-hybridized carbons (Fsp3) is 0.304. The third kappa shape index (κ3) is 3.93. The second kappa shape index (κ2) is 8.74. The van der Waals surface area contributed by atoms with Crippen LogP contribution in [0.15, 0.2) is 66.0 Å². The highest BCUT2D eigenvalue weighted by Crippen LogP contribution is 2.38. The van der Waals surface area contributed by atoms with Gasteiger partial charge < -0.3 is 14.4 Å². The number of carbonyl (C=O) groups is 2. The number of hydrogen-bond acceptors (Lipinski definition) is 5. The average molecular weight is 379 g/mol. The molecule has 0 radical (unpaired) electrons. The number of rotatable bonds is 6. The maximum Gasteiger partial charge on any atom is 0.336 e. The molecule has 0 saturated carbocycles. The van der Waals surface area contributed by atoms with Crippen LogP contribution in [0.4, 0.5) is 0 Å². The quantitative estimate of drug-likeness (QED) is 0.706. The summed E-state index contributed by atoms with van der Waals surface area (Å²) in [6.07, 6.45) is 5.52. The van der Waals surface area contributed by atoms with E-state index in [1.54, 1.807) is 12.4 Å². The SMILES string of the molecule is CCCCN1C=C(C(=O)OC)C(c2ccc3ccccc3c2)C(C(=O)OC)=C1. The van der Waals surface area contributed by atoms with E-state index in [4.69, 9.17) is 9.47 Å². The van der Waals surface area contributed by atoms with Crippen LogP contribution in [0.25, 0.3) is 10.8 Å². The van der Waals surface area contributed by atoms with E-state index < -0.39 is 17.9 Å². The normalized spacial score (nSPS) is 14.5. The van der Waals surface area contributed by atoms with Gasteiger partial charge in [-0.1, -0.05) is 55.8 Å². The van der Waals surface area contributed by atoms with Crippen molar-refractivity contribution in [2.45, 2.75) is 25.7 Å². The lowest BCUT2D eigenvalue weighted by Gasteiger charge is -2.30. The molecule has 0 amide bonds. The summed E-state index contributed by atoms with van der Waals surface area (Å²) in [5.41, 5.74) is 1.70. The predicted octanol–water partition coefficient (Wildman–Crippen LogP) is 4.15. The van der Waals surface area contributed by atoms with Crippen molar-refractivity contribution in [3.05, 3.63) is 71.6 Å². The van der Waals surface area contributed by atoms with E-state index >= 15 is 0 Å². The van der Waals surface area contributed by atoms with E-state index in [0.717, 1.165) is 29.2 Å². The number of methoxy groups -OCH3 is 2. The minimum absolute atomic E-state index is 0.428. The zero-order valence-electron chi connectivity index (χ0n) is 16.5. The molecule has 0 bridgehead atoms. The van der Waals surface area contributed by atoms with Crippen molar-refractivity contribution in [3.63, 3.8) is 0 Å². The van der Waals surface area contributed by atoms with E-state index in [0.29, 0.717) is 17.7 Å². The highest BCUT2D eigenvalue weighted by molar-refractivity contribution is 5.99. The van der Waals surface area contributed by atoms with E-state index in [1.165, 1.54) is 14.2 Å². The second-order valence-electron chi connectivity index (χ2n) is 6.78. The predicted molar refractivity (Wildman–Crippen MR) is 109 cm³/mol. The minimum Gasteiger partial charge on any atom is -0.466 e. The van der Waals surface area contributed by atoms with Crippen LogP contribution >= 0.6 is 0 Å². The zero-order valence-corrected chi connectivity index (χ0v) is 16.5. The van der Waals surface area contributed by atoms with Crippen LogP contribution in [0.3, 0.4) is 0 Å². The van der Waals surface area contributed by atoms with Crippen molar-refractivity contribution in [1.82, 2.24) is 4.90 Å². The van der Waals surface area contributed by atoms with Crippen molar-refractivity contribution < 1.29 is 19.1 Å². The van der Waals surface area contributed by atoms with Gasteiger partial charge in [0.05, 0.1) is 31.3 Å². The number of hydrogen-bond donors (Lipinski definition) is 0. The van der Waals surface area contributed by atoms with Gasteiger partial charge >= 0.3 is 11.9 Å². The molecule has 0 atom stereocenters. The van der Waals surface area contributed by atoms with Gasteiger partial charge in [-0.2, -0.15) is 0 Å². The molecule has 1 heterocycles. The van der Waals surface area contributed by atoms with Crippen molar-refractivity contribution in [3.8, 4) is 0 Å². The molecular formula is C23H25NO4. The van der Waals surface area contributed by atoms with Crippen LogP contribution in [0, 0.1) is 0 Å². The first-order chi connectivity index (χ1) is 13.6. The standard InChI is InChI=1S/C23H25NO4/c1-4-5-12-24-14-19(22(25)27-2)21(20(15-24)23(26)28-3)18-11-10-16-8-6-7-9-17(16)13-18/h6-11,13-15,21H,4-5,12H2,1-3H3. The van der Waals surface area contributed by atoms with Crippen LogP contribution in [0.1, 0.15) is 31.2 Å². The van der Waals surface area contributed by atoms with E-state index in [1.807, 2.05) is 47.4 Å². The molecule has 0 aromatic heterocycles. The molecule has 5 nitrogen and oxygen atoms in total. The van der Waals surface area contributed by atoms with Crippen molar-refractivity contribution >= 4 is 22.7 Å². The molecule has 0 spiro atoms. The lowest BCUT2D eigenvalue weighted by molar-refractivity contribution is -0.137. The number of ether oxygens (including phenoxy) is 2. The minimum atomic E-state index is -0.539. The Balaban J connectivity index is 2.12. The number of carbonyl (C=O) groups excluding carboxylic acids is 2. The summed E-state index contributed by atoms with van der Waals surface area (Å²) in [5, 5.41) is 2.14. The lowest BCUT2D eigenvalue weighted by Crippen LogP contribution is -2.29. The molecule has 1 aliphatic rings. The average Bonchev–Trinajstić information content (AvgIpc) is 2.75. The highest BCUT2D eigenvalue weighted by Gasteiger charge is 2.35. The number of unbranched alkanes of at least 4 members (excludes halogenated alkanes) is 1. The maximum absolute atomic E-state index is 12.6. The Morgan fingerprint density at radius 1 is 0.929 bits per heavy atom. The Bertz CT molecular complexity index is 911. The van der Waals surface area contributed by atoms with Crippen LogP contribution in [0.2, 0.25) is 0 Å². The van der Waals surface area contributed by atoms with Crippen LogP contribution in [0.5, 0.6) is 0 Å². The molecule has 3 rings (SSSR count). The maximum atomic E-state index is 12.6. The fourth-order valence-corrected chi connectivity index (χ4v) is 3.50. The van der Waals surface area contributed by atoms with Gasteiger partial charge in [0.2, 0.25) is 0 Å². The van der Waals surface area contributed by atoms with Gasteiger partial charge in [0.15, 0.2) is 0 Å². The first-order valence-corrected chi connectivity index (χ1v) is 9.43. The molecule has 28 heavy (non-hydrogen) atoms. The Morgan fingerprint density at radius 2 is 1.54 bits per heavy atom. The molecular weight excluding hydrogens is 354 g/mol. The van der Waals surface area contributed by atoms with Crippen LogP contribution in [-0.4, -0.2) is 37.6 Å². The molecule has 0 N–H and O–H groups in total. The number of esters is 2. The van der Waals surface area contributed by atoms with E-state index in [2.05, 4.69) is 6.92 Å². The van der Waals surface area contributed by atoms with Crippen molar-refractivity contribution in [1.29, 1.82) is 0 Å². The summed E-state index contributed by atoms with van der Waals surface area (Å²) in [7, 11) is 2.71. The third-order valence-corrected chi connectivity index (χ3v) is 4.95. The van der Waals surface area contributed by atoms with Crippen molar-refractivity contribution in [2.24, 2.45) is 0 Å². The van der Waals surface area contributed by atoms with Gasteiger partial charge in [-0.05, 0) is 22.8 Å². The van der Waals surface area contributed by atoms with Crippen LogP contribution in [-0.2, 0) is 19.1 Å². The van der Waals surface area contributed by atoms with Gasteiger partial charge in [-0.25, -0.2) is 9.59 Å². The molecule has 2 aromatic carbocycles. The van der Waals surface area contributed by atoms with E-state index in [9.17, 15) is 9.59 Å². The summed E-state index contributed by atoms with van der Waals surface area (Å²) in [4.78, 5) is 27.1. The second-order valence-corrected chi connectivity index (χ2v) is 6.78. The number of benzene rings is 2. The molecule has 1 aliphatic heterocycles. The van der Waals surface area contributed by atoms with Crippen molar-refractivity contribution in [2.75, 3.05) is 20.8 Å². The molecule has 0 aliphatic carbocycles. The molecule has 5 heteroatoms. The monoisotopic (exact) mass is 379 g/mol. The number of fused-ring (bicyclic) bond motifs is 1. The summed E-state index contributed by atoms with van der Waals surface area (Å²) in [6, 6.07) is 13.9. The summed E-state index contributed by atoms with van der Waals surface area (Å²) in [6.45, 7) is 2.81. The molecule has 146 valence electrons. The fourth-order valence-electron chi connectivity index (χ4n) is 3.50. The van der Waals surface area contributed by atoms with Gasteiger partial charge in [0, 0.05) is 18.9 Å². The topological polar surface area (TPSA) is 55.8 Å². The van der Waals surface area contributed by atoms with Gasteiger partial charge in [-0.3, -0.25) is 0 Å². The largest absolute Gasteiger partial charge is 0.466 e. The Morgan fingerprint density at radius 3 is 2.11 bits per heavy atom. The number of nitrogens with zero attached hydrogens (tertiary/aromatic N) is 1. The Hall–Kier alpha value is -3.08. The Labute approximate surface area is 165 Å². The smallest absolute Gasteiger partial charge is 0.336 e. The molecule has 2 aromatic rings. The van der Waals surface area contributed by atoms with Gasteiger partial charge in [0.25, 0.3) is 0 Å². The van der Waals surface area contributed by atoms with Gasteiger partial charge in [-0.15, -0.1) is 0 Å². The lowest BCUT2D eigenvalue weighted by atomic mass is 9.82. The first kappa shape index (κ1) is 19.7. The first-order valence-electron chi connectivity index (χ1n) is 9.43. The highest BCUT2D eigenvalue weighted by atomic mass is 16.5. The zero-order chi connectivity index (χ0) is 20.1. The Kier molecular flexibility index (Phi) is 6.14.